The van der Waals surface area contributed by atoms with Gasteiger partial charge in [-0.15, -0.1) is 0 Å². The molecular weight excluding hydrogens is 271 g/mol. The summed E-state index contributed by atoms with van der Waals surface area (Å²) in [5.74, 6) is 0.657. The third-order valence-corrected chi connectivity index (χ3v) is 2.99. The number of carbonyl (C=O) groups excluding carboxylic acids is 1. The lowest BCUT2D eigenvalue weighted by molar-refractivity contribution is -0.110. The molecule has 1 fully saturated rings. The monoisotopic (exact) mass is 282 g/mol. The fourth-order valence-electron chi connectivity index (χ4n) is 1.56. The molecule has 0 unspecified atom stereocenters. The van der Waals surface area contributed by atoms with Crippen LogP contribution in [-0.2, 0) is 4.79 Å². The van der Waals surface area contributed by atoms with Crippen molar-refractivity contribution in [2.45, 2.75) is 0 Å². The Hall–Kier alpha value is -1.45. The molecule has 3 nitrogen and oxygen atoms in total. The summed E-state index contributed by atoms with van der Waals surface area (Å²) in [5, 5.41) is 7.21. The van der Waals surface area contributed by atoms with Gasteiger partial charge in [-0.05, 0) is 29.8 Å². The molecule has 0 amide bonds. The quantitative estimate of drug-likeness (QED) is 0.838. The summed E-state index contributed by atoms with van der Waals surface area (Å²) in [6, 6.07) is 5.15. The van der Waals surface area contributed by atoms with Gasteiger partial charge < -0.3 is 10.6 Å². The van der Waals surface area contributed by atoms with Crippen LogP contribution in [0.25, 0.3) is 6.08 Å². The van der Waals surface area contributed by atoms with Crippen LogP contribution in [0.1, 0.15) is 5.56 Å². The molecule has 0 saturated carbocycles. The maximum atomic E-state index is 11.6. The number of benzene rings is 1. The molecule has 0 bridgehead atoms. The number of ketones is 1. The number of rotatable bonds is 3. The van der Waals surface area contributed by atoms with Crippen LogP contribution in [0.15, 0.2) is 36.2 Å². The molecule has 94 valence electrons. The predicted octanol–water partition coefficient (Wildman–Crippen LogP) is 2.61. The number of hydrogen-bond donors (Lipinski definition) is 2. The van der Waals surface area contributed by atoms with E-state index in [0.29, 0.717) is 10.0 Å². The molecule has 2 N–H and O–H groups in total. The first-order valence-electron chi connectivity index (χ1n) is 5.52. The summed E-state index contributed by atoms with van der Waals surface area (Å²) in [4.78, 5) is 11.6. The molecule has 18 heavy (non-hydrogen) atoms. The molecule has 1 aromatic carbocycles. The molecule has 0 atom stereocenters. The Kier molecular flexibility index (Phi) is 4.28. The Morgan fingerprint density at radius 2 is 1.94 bits per heavy atom. The lowest BCUT2D eigenvalue weighted by Gasteiger charge is -1.98. The number of halogens is 2. The first-order chi connectivity index (χ1) is 8.65. The minimum absolute atomic E-state index is 0.0992. The summed E-state index contributed by atoms with van der Waals surface area (Å²) < 4.78 is 0. The van der Waals surface area contributed by atoms with E-state index in [9.17, 15) is 4.79 Å². The van der Waals surface area contributed by atoms with E-state index in [1.807, 2.05) is 0 Å². The first-order valence-corrected chi connectivity index (χ1v) is 6.27. The van der Waals surface area contributed by atoms with Crippen LogP contribution in [0.4, 0.5) is 0 Å². The Morgan fingerprint density at radius 1 is 1.22 bits per heavy atom. The SMILES string of the molecule is O=C(C=C1NCCN1)/C=C/c1ccc(Cl)cc1Cl. The van der Waals surface area contributed by atoms with Crippen molar-refractivity contribution in [1.29, 1.82) is 0 Å². The number of carbonyl (C=O) groups is 1. The van der Waals surface area contributed by atoms with E-state index in [1.54, 1.807) is 24.3 Å². The summed E-state index contributed by atoms with van der Waals surface area (Å²) in [6.07, 6.45) is 4.67. The highest BCUT2D eigenvalue weighted by Gasteiger charge is 2.04. The van der Waals surface area contributed by atoms with Crippen LogP contribution in [0.2, 0.25) is 10.0 Å². The lowest BCUT2D eigenvalue weighted by Crippen LogP contribution is -2.11. The number of nitrogens with one attached hydrogen (secondary N) is 2. The van der Waals surface area contributed by atoms with Crippen LogP contribution >= 0.6 is 23.2 Å². The van der Waals surface area contributed by atoms with E-state index in [-0.39, 0.29) is 5.78 Å². The van der Waals surface area contributed by atoms with Crippen LogP contribution in [0.3, 0.4) is 0 Å². The summed E-state index contributed by atoms with van der Waals surface area (Å²) >= 11 is 11.8. The standard InChI is InChI=1S/C13H12Cl2N2O/c14-10-3-1-9(12(15)7-10)2-4-11(18)8-13-16-5-6-17-13/h1-4,7-8,16-17H,5-6H2/b4-2+. The van der Waals surface area contributed by atoms with Gasteiger partial charge in [0, 0.05) is 29.2 Å². The molecule has 0 spiro atoms. The smallest absolute Gasteiger partial charge is 0.182 e. The topological polar surface area (TPSA) is 41.1 Å². The Morgan fingerprint density at radius 3 is 2.61 bits per heavy atom. The summed E-state index contributed by atoms with van der Waals surface area (Å²) in [5.41, 5.74) is 0.764. The molecule has 1 heterocycles. The van der Waals surface area contributed by atoms with E-state index in [2.05, 4.69) is 10.6 Å². The second-order valence-corrected chi connectivity index (χ2v) is 4.66. The Balaban J connectivity index is 2.06. The van der Waals surface area contributed by atoms with Crippen molar-refractivity contribution in [2.24, 2.45) is 0 Å². The highest BCUT2D eigenvalue weighted by molar-refractivity contribution is 6.35. The second-order valence-electron chi connectivity index (χ2n) is 3.81. The fraction of sp³-hybridized carbons (Fsp3) is 0.154. The van der Waals surface area contributed by atoms with E-state index in [1.165, 1.54) is 12.2 Å². The first kappa shape index (κ1) is 13.0. The van der Waals surface area contributed by atoms with Crippen molar-refractivity contribution in [3.63, 3.8) is 0 Å². The van der Waals surface area contributed by atoms with Crippen LogP contribution in [0.5, 0.6) is 0 Å². The van der Waals surface area contributed by atoms with Gasteiger partial charge >= 0.3 is 0 Å². The van der Waals surface area contributed by atoms with Gasteiger partial charge in [0.2, 0.25) is 0 Å². The largest absolute Gasteiger partial charge is 0.370 e. The van der Waals surface area contributed by atoms with Gasteiger partial charge in [0.1, 0.15) is 5.82 Å². The molecule has 2 rings (SSSR count). The minimum Gasteiger partial charge on any atom is -0.370 e. The number of allylic oxidation sites excluding steroid dienone is 2. The molecule has 0 aliphatic carbocycles. The van der Waals surface area contributed by atoms with Gasteiger partial charge in [0.15, 0.2) is 5.78 Å². The zero-order valence-corrected chi connectivity index (χ0v) is 11.1. The van der Waals surface area contributed by atoms with Gasteiger partial charge in [0.05, 0.1) is 0 Å². The van der Waals surface area contributed by atoms with Gasteiger partial charge in [0.25, 0.3) is 0 Å². The molecule has 0 aromatic heterocycles. The van der Waals surface area contributed by atoms with Gasteiger partial charge in [-0.3, -0.25) is 4.79 Å². The van der Waals surface area contributed by atoms with Crippen molar-refractivity contribution in [3.8, 4) is 0 Å². The molecule has 1 saturated heterocycles. The highest BCUT2D eigenvalue weighted by Crippen LogP contribution is 2.21. The van der Waals surface area contributed by atoms with Crippen molar-refractivity contribution >= 4 is 35.1 Å². The molecule has 1 aromatic rings. The van der Waals surface area contributed by atoms with Crippen molar-refractivity contribution in [2.75, 3.05) is 13.1 Å². The van der Waals surface area contributed by atoms with Gasteiger partial charge in [-0.25, -0.2) is 0 Å². The van der Waals surface area contributed by atoms with E-state index < -0.39 is 0 Å². The zero-order chi connectivity index (χ0) is 13.0. The third-order valence-electron chi connectivity index (χ3n) is 2.43. The lowest BCUT2D eigenvalue weighted by atomic mass is 10.2. The van der Waals surface area contributed by atoms with Gasteiger partial charge in [-0.1, -0.05) is 29.3 Å². The van der Waals surface area contributed by atoms with Gasteiger partial charge in [-0.2, -0.15) is 0 Å². The molecule has 1 aliphatic heterocycles. The maximum absolute atomic E-state index is 11.6. The van der Waals surface area contributed by atoms with Crippen molar-refractivity contribution in [1.82, 2.24) is 10.6 Å². The molecule has 1 aliphatic rings. The predicted molar refractivity (Wildman–Crippen MR) is 74.6 cm³/mol. The normalized spacial score (nSPS) is 14.4. The van der Waals surface area contributed by atoms with Crippen LogP contribution < -0.4 is 10.6 Å². The Labute approximate surface area is 115 Å². The summed E-state index contributed by atoms with van der Waals surface area (Å²) in [6.45, 7) is 1.68. The van der Waals surface area contributed by atoms with Crippen LogP contribution in [0, 0.1) is 0 Å². The highest BCUT2D eigenvalue weighted by atomic mass is 35.5. The van der Waals surface area contributed by atoms with E-state index in [0.717, 1.165) is 24.5 Å². The van der Waals surface area contributed by atoms with Crippen molar-refractivity contribution in [3.05, 3.63) is 51.8 Å². The fourth-order valence-corrected chi connectivity index (χ4v) is 2.03. The molecule has 5 heteroatoms. The average Bonchev–Trinajstić information content (AvgIpc) is 2.80. The average molecular weight is 283 g/mol. The second kappa shape index (κ2) is 5.94. The number of hydrogen-bond acceptors (Lipinski definition) is 3. The zero-order valence-electron chi connectivity index (χ0n) is 9.54. The summed E-state index contributed by atoms with van der Waals surface area (Å²) in [7, 11) is 0. The van der Waals surface area contributed by atoms with Crippen molar-refractivity contribution < 1.29 is 4.79 Å². The van der Waals surface area contributed by atoms with E-state index in [4.69, 9.17) is 23.2 Å². The third kappa shape index (κ3) is 3.52. The molecule has 0 radical (unpaired) electrons. The maximum Gasteiger partial charge on any atom is 0.182 e. The minimum atomic E-state index is -0.0992. The van der Waals surface area contributed by atoms with Crippen LogP contribution in [-0.4, -0.2) is 18.9 Å². The van der Waals surface area contributed by atoms with E-state index >= 15 is 0 Å². The molecular formula is C13H12Cl2N2O. The Bertz CT molecular complexity index is 516.